The molecule has 1 saturated heterocycles. The highest BCUT2D eigenvalue weighted by Gasteiger charge is 2.24. The number of hydrogen-bond donors (Lipinski definition) is 1. The number of nitrogens with one attached hydrogen (secondary N) is 1. The number of benzene rings is 2. The van der Waals surface area contributed by atoms with E-state index in [0.29, 0.717) is 38.0 Å². The molecule has 0 aliphatic carbocycles. The van der Waals surface area contributed by atoms with Gasteiger partial charge in [-0.3, -0.25) is 4.79 Å². The Balaban J connectivity index is 1.45. The number of amides is 1. The van der Waals surface area contributed by atoms with Crippen molar-refractivity contribution in [3.8, 4) is 11.5 Å². The Morgan fingerprint density at radius 3 is 2.65 bits per heavy atom. The van der Waals surface area contributed by atoms with Crippen molar-refractivity contribution in [3.05, 3.63) is 81.6 Å². The molecule has 1 aliphatic heterocycles. The first kappa shape index (κ1) is 23.5. The van der Waals surface area contributed by atoms with Crippen molar-refractivity contribution in [2.24, 2.45) is 4.99 Å². The van der Waals surface area contributed by atoms with E-state index in [1.54, 1.807) is 54.6 Å². The first-order chi connectivity index (χ1) is 16.4. The molecule has 4 rings (SSSR count). The topological polar surface area (TPSA) is 99.4 Å². The van der Waals surface area contributed by atoms with Gasteiger partial charge < -0.3 is 23.9 Å². The van der Waals surface area contributed by atoms with Gasteiger partial charge in [-0.05, 0) is 71.9 Å². The maximum absolute atomic E-state index is 12.4. The van der Waals surface area contributed by atoms with Crippen molar-refractivity contribution in [2.45, 2.75) is 6.61 Å². The standard InChI is InChI=1S/C24H19ClN2O6S/c1-30-20-11-14(3-9-18(20)32-13-17-8-10-19(33-17)23(29)31-2)12-21-22(28)27-24(34-21)26-16-6-4-15(25)5-7-16/h3-12H,13H2,1-2H3,(H,26,27,28). The summed E-state index contributed by atoms with van der Waals surface area (Å²) >= 11 is 7.14. The van der Waals surface area contributed by atoms with Crippen LogP contribution < -0.4 is 14.8 Å². The minimum atomic E-state index is -0.559. The molecule has 0 radical (unpaired) electrons. The molecule has 1 amide bonds. The van der Waals surface area contributed by atoms with Crippen LogP contribution in [-0.4, -0.2) is 31.3 Å². The van der Waals surface area contributed by atoms with Gasteiger partial charge in [0.1, 0.15) is 12.4 Å². The lowest BCUT2D eigenvalue weighted by molar-refractivity contribution is -0.115. The molecule has 0 saturated carbocycles. The molecule has 0 atom stereocenters. The van der Waals surface area contributed by atoms with Gasteiger partial charge in [-0.2, -0.15) is 0 Å². The summed E-state index contributed by atoms with van der Waals surface area (Å²) in [6.45, 7) is 0.0938. The van der Waals surface area contributed by atoms with Gasteiger partial charge in [0, 0.05) is 5.02 Å². The van der Waals surface area contributed by atoms with Crippen molar-refractivity contribution >= 4 is 52.2 Å². The highest BCUT2D eigenvalue weighted by atomic mass is 35.5. The zero-order valence-electron chi connectivity index (χ0n) is 18.2. The summed E-state index contributed by atoms with van der Waals surface area (Å²) in [6.07, 6.45) is 1.74. The monoisotopic (exact) mass is 498 g/mol. The number of carbonyl (C=O) groups is 2. The number of aliphatic imine (C=N–C) groups is 1. The second-order valence-corrected chi connectivity index (χ2v) is 8.38. The smallest absolute Gasteiger partial charge is 0.373 e. The highest BCUT2D eigenvalue weighted by molar-refractivity contribution is 8.18. The van der Waals surface area contributed by atoms with Crippen LogP contribution in [0, 0.1) is 0 Å². The van der Waals surface area contributed by atoms with Crippen molar-refractivity contribution in [1.29, 1.82) is 0 Å². The van der Waals surface area contributed by atoms with Crippen molar-refractivity contribution in [3.63, 3.8) is 0 Å². The fraction of sp³-hybridized carbons (Fsp3) is 0.125. The van der Waals surface area contributed by atoms with Crippen molar-refractivity contribution in [2.75, 3.05) is 14.2 Å². The zero-order valence-corrected chi connectivity index (χ0v) is 19.7. The highest BCUT2D eigenvalue weighted by Crippen LogP contribution is 2.33. The van der Waals surface area contributed by atoms with Gasteiger partial charge in [0.05, 0.1) is 24.8 Å². The molecule has 0 bridgehead atoms. The number of nitrogens with zero attached hydrogens (tertiary/aromatic N) is 1. The number of thioether (sulfide) groups is 1. The van der Waals surface area contributed by atoms with Crippen LogP contribution in [0.3, 0.4) is 0 Å². The summed E-state index contributed by atoms with van der Waals surface area (Å²) in [5, 5.41) is 3.85. The molecule has 0 spiro atoms. The molecular formula is C24H19ClN2O6S. The molecule has 1 aromatic heterocycles. The van der Waals surface area contributed by atoms with Crippen molar-refractivity contribution in [1.82, 2.24) is 5.32 Å². The maximum Gasteiger partial charge on any atom is 0.373 e. The van der Waals surface area contributed by atoms with Crippen LogP contribution in [0.4, 0.5) is 5.69 Å². The van der Waals surface area contributed by atoms with E-state index in [1.165, 1.54) is 32.0 Å². The maximum atomic E-state index is 12.4. The fourth-order valence-electron chi connectivity index (χ4n) is 2.97. The summed E-state index contributed by atoms with van der Waals surface area (Å²) in [6, 6.07) is 15.5. The van der Waals surface area contributed by atoms with Crippen molar-refractivity contribution < 1.29 is 28.2 Å². The number of methoxy groups -OCH3 is 2. The Kier molecular flexibility index (Phi) is 7.24. The van der Waals surface area contributed by atoms with E-state index in [9.17, 15) is 9.59 Å². The molecule has 1 aliphatic rings. The Morgan fingerprint density at radius 2 is 1.91 bits per heavy atom. The third-order valence-electron chi connectivity index (χ3n) is 4.61. The van der Waals surface area contributed by atoms with Gasteiger partial charge in [-0.25, -0.2) is 9.79 Å². The largest absolute Gasteiger partial charge is 0.493 e. The summed E-state index contributed by atoms with van der Waals surface area (Å²) in [7, 11) is 2.80. The molecule has 8 nitrogen and oxygen atoms in total. The van der Waals surface area contributed by atoms with Gasteiger partial charge >= 0.3 is 5.97 Å². The molecular weight excluding hydrogens is 480 g/mol. The van der Waals surface area contributed by atoms with E-state index in [4.69, 9.17) is 25.5 Å². The number of carbonyl (C=O) groups excluding carboxylic acids is 2. The predicted molar refractivity (Wildman–Crippen MR) is 130 cm³/mol. The van der Waals surface area contributed by atoms with E-state index in [-0.39, 0.29) is 18.3 Å². The average Bonchev–Trinajstić information content (AvgIpc) is 3.45. The number of amidine groups is 1. The summed E-state index contributed by atoms with van der Waals surface area (Å²) in [5.41, 5.74) is 1.44. The second-order valence-electron chi connectivity index (χ2n) is 6.91. The molecule has 1 N–H and O–H groups in total. The van der Waals surface area contributed by atoms with Gasteiger partial charge in [-0.15, -0.1) is 0 Å². The molecule has 0 unspecified atom stereocenters. The quantitative estimate of drug-likeness (QED) is 0.353. The second kappa shape index (κ2) is 10.5. The first-order valence-electron chi connectivity index (χ1n) is 9.98. The number of ether oxygens (including phenoxy) is 3. The molecule has 1 fully saturated rings. The third-order valence-corrected chi connectivity index (χ3v) is 5.77. The average molecular weight is 499 g/mol. The summed E-state index contributed by atoms with van der Waals surface area (Å²) < 4.78 is 21.2. The number of furan rings is 1. The van der Waals surface area contributed by atoms with Crippen LogP contribution in [0.2, 0.25) is 5.02 Å². The first-order valence-corrected chi connectivity index (χ1v) is 11.2. The SMILES string of the molecule is COC(=O)c1ccc(COc2ccc(C=C3SC(=Nc4ccc(Cl)cc4)NC3=O)cc2OC)o1. The van der Waals surface area contributed by atoms with E-state index in [2.05, 4.69) is 15.0 Å². The van der Waals surface area contributed by atoms with E-state index >= 15 is 0 Å². The number of rotatable bonds is 7. The van der Waals surface area contributed by atoms with Crippen LogP contribution in [0.1, 0.15) is 21.9 Å². The Labute approximate surface area is 204 Å². The predicted octanol–water partition coefficient (Wildman–Crippen LogP) is 5.20. The van der Waals surface area contributed by atoms with Gasteiger partial charge in [0.15, 0.2) is 16.7 Å². The Hall–Kier alpha value is -3.69. The normalized spacial score (nSPS) is 15.4. The number of halogens is 1. The molecule has 174 valence electrons. The molecule has 2 heterocycles. The summed E-state index contributed by atoms with van der Waals surface area (Å²) in [4.78, 5) is 28.8. The van der Waals surface area contributed by atoms with Crippen LogP contribution in [0.15, 0.2) is 68.9 Å². The van der Waals surface area contributed by atoms with Crippen LogP contribution in [0.25, 0.3) is 6.08 Å². The van der Waals surface area contributed by atoms with Gasteiger partial charge in [-0.1, -0.05) is 17.7 Å². The Morgan fingerprint density at radius 1 is 1.12 bits per heavy atom. The molecule has 3 aromatic rings. The van der Waals surface area contributed by atoms with E-state index < -0.39 is 5.97 Å². The lowest BCUT2D eigenvalue weighted by atomic mass is 10.2. The Bertz CT molecular complexity index is 1280. The number of hydrogen-bond acceptors (Lipinski definition) is 8. The van der Waals surface area contributed by atoms with Crippen LogP contribution in [-0.2, 0) is 16.1 Å². The van der Waals surface area contributed by atoms with E-state index in [1.807, 2.05) is 0 Å². The molecule has 2 aromatic carbocycles. The number of esters is 1. The van der Waals surface area contributed by atoms with Gasteiger partial charge in [0.2, 0.25) is 5.76 Å². The summed E-state index contributed by atoms with van der Waals surface area (Å²) in [5.74, 6) is 0.718. The fourth-order valence-corrected chi connectivity index (χ4v) is 3.94. The van der Waals surface area contributed by atoms with Gasteiger partial charge in [0.25, 0.3) is 5.91 Å². The lowest BCUT2D eigenvalue weighted by Crippen LogP contribution is -2.19. The molecule has 10 heteroatoms. The van der Waals surface area contributed by atoms with Crippen LogP contribution >= 0.6 is 23.4 Å². The lowest BCUT2D eigenvalue weighted by Gasteiger charge is -2.10. The minimum absolute atomic E-state index is 0.0938. The van der Waals surface area contributed by atoms with Crippen LogP contribution in [0.5, 0.6) is 11.5 Å². The van der Waals surface area contributed by atoms with E-state index in [0.717, 1.165) is 5.56 Å². The zero-order chi connectivity index (χ0) is 24.1. The minimum Gasteiger partial charge on any atom is -0.493 e. The third kappa shape index (κ3) is 5.62. The molecule has 34 heavy (non-hydrogen) atoms.